The van der Waals surface area contributed by atoms with Crippen molar-refractivity contribution < 1.29 is 5.11 Å². The van der Waals surface area contributed by atoms with E-state index in [2.05, 4.69) is 71.9 Å². The number of nitrogens with zero attached hydrogens (tertiary/aromatic N) is 1. The Morgan fingerprint density at radius 2 is 1.78 bits per heavy atom. The summed E-state index contributed by atoms with van der Waals surface area (Å²) in [6, 6.07) is 14.6. The molecule has 2 aromatic carbocycles. The summed E-state index contributed by atoms with van der Waals surface area (Å²) in [5.74, 6) is 0.421. The first kappa shape index (κ1) is 21.6. The minimum Gasteiger partial charge on any atom is -0.508 e. The molecule has 0 aliphatic heterocycles. The summed E-state index contributed by atoms with van der Waals surface area (Å²) in [7, 11) is 0.584. The first-order valence-electron chi connectivity index (χ1n) is 9.93. The maximum absolute atomic E-state index is 10.7. The number of phenols is 1. The molecule has 2 nitrogen and oxygen atoms in total. The second-order valence-corrected chi connectivity index (χ2v) is 10.1. The number of aryl methyl sites for hydroxylation is 1. The van der Waals surface area contributed by atoms with Gasteiger partial charge in [0.15, 0.2) is 0 Å². The molecule has 0 aliphatic carbocycles. The average molecular weight is 384 g/mol. The van der Waals surface area contributed by atoms with Crippen LogP contribution in [0.1, 0.15) is 70.6 Å². The smallest absolute Gasteiger partial charge is 0.119 e. The molecule has 2 unspecified atom stereocenters. The van der Waals surface area contributed by atoms with E-state index in [0.29, 0.717) is 14.3 Å². The third-order valence-electron chi connectivity index (χ3n) is 4.87. The van der Waals surface area contributed by atoms with Crippen molar-refractivity contribution in [3.8, 4) is 5.75 Å². The number of hydrogen-bond donors (Lipinski definition) is 1. The minimum atomic E-state index is -0.0870. The van der Waals surface area contributed by atoms with Gasteiger partial charge in [0.25, 0.3) is 0 Å². The number of phenolic OH excluding ortho intramolecular Hbond substituents is 1. The molecule has 0 saturated carbocycles. The molecular weight excluding hydrogens is 349 g/mol. The Labute approximate surface area is 166 Å². The van der Waals surface area contributed by atoms with Crippen LogP contribution in [0, 0.1) is 6.92 Å². The van der Waals surface area contributed by atoms with Crippen molar-refractivity contribution in [3.63, 3.8) is 0 Å². The Bertz CT molecular complexity index is 791. The van der Waals surface area contributed by atoms with Gasteiger partial charge >= 0.3 is 0 Å². The van der Waals surface area contributed by atoms with E-state index in [1.807, 2.05) is 18.3 Å². The average Bonchev–Trinajstić information content (AvgIpc) is 2.62. The van der Waals surface area contributed by atoms with Crippen LogP contribution in [0.3, 0.4) is 0 Å². The van der Waals surface area contributed by atoms with Crippen molar-refractivity contribution in [2.45, 2.75) is 71.5 Å². The molecular formula is C24H34NOP. The molecule has 2 aromatic rings. The zero-order chi connectivity index (χ0) is 20.1. The van der Waals surface area contributed by atoms with Crippen LogP contribution in [0.25, 0.3) is 0 Å². The van der Waals surface area contributed by atoms with E-state index in [9.17, 15) is 5.11 Å². The van der Waals surface area contributed by atoms with E-state index in [1.54, 1.807) is 0 Å². The second-order valence-electron chi connectivity index (χ2n) is 8.35. The normalized spacial score (nSPS) is 14.9. The minimum absolute atomic E-state index is 0.0451. The van der Waals surface area contributed by atoms with Gasteiger partial charge in [-0.1, -0.05) is 70.8 Å². The maximum Gasteiger partial charge on any atom is 0.119 e. The monoisotopic (exact) mass is 383 g/mol. The van der Waals surface area contributed by atoms with Crippen molar-refractivity contribution in [3.05, 3.63) is 59.2 Å². The molecule has 0 fully saturated rings. The molecule has 0 aromatic heterocycles. The van der Waals surface area contributed by atoms with E-state index in [0.717, 1.165) is 24.8 Å². The molecule has 1 N–H and O–H groups in total. The largest absolute Gasteiger partial charge is 0.508 e. The van der Waals surface area contributed by atoms with Gasteiger partial charge in [-0.2, -0.15) is 0 Å². The fourth-order valence-electron chi connectivity index (χ4n) is 3.42. The van der Waals surface area contributed by atoms with Crippen molar-refractivity contribution in [2.75, 3.05) is 0 Å². The van der Waals surface area contributed by atoms with Crippen molar-refractivity contribution >= 4 is 20.1 Å². The summed E-state index contributed by atoms with van der Waals surface area (Å²) < 4.78 is 0. The summed E-state index contributed by atoms with van der Waals surface area (Å²) in [6.07, 6.45) is 5.17. The highest BCUT2D eigenvalue weighted by Crippen LogP contribution is 2.51. The Morgan fingerprint density at radius 3 is 2.41 bits per heavy atom. The number of aromatic hydroxyl groups is 1. The van der Waals surface area contributed by atoms with Gasteiger partial charge < -0.3 is 5.11 Å². The standard InChI is InChI=1S/C24H34NOP/c1-7-15-24(8-2,20-16-18(3)13-14-21(20)26)27-22-12-10-9-11-19(22)17-25-23(4,5)6/h9-14,16-17,26-27H,7-8,15H2,1-6H3. The van der Waals surface area contributed by atoms with Crippen LogP contribution < -0.4 is 5.30 Å². The van der Waals surface area contributed by atoms with Crippen molar-refractivity contribution in [1.82, 2.24) is 0 Å². The van der Waals surface area contributed by atoms with E-state index in [-0.39, 0.29) is 10.7 Å². The van der Waals surface area contributed by atoms with Gasteiger partial charge in [-0.05, 0) is 57.5 Å². The highest BCUT2D eigenvalue weighted by Gasteiger charge is 2.33. The lowest BCUT2D eigenvalue weighted by Gasteiger charge is -2.35. The van der Waals surface area contributed by atoms with Crippen molar-refractivity contribution in [1.29, 1.82) is 0 Å². The van der Waals surface area contributed by atoms with Gasteiger partial charge in [0.05, 0.1) is 5.54 Å². The van der Waals surface area contributed by atoms with Gasteiger partial charge in [0, 0.05) is 16.9 Å². The van der Waals surface area contributed by atoms with Crippen LogP contribution >= 0.6 is 8.58 Å². The van der Waals surface area contributed by atoms with E-state index in [1.165, 1.54) is 16.4 Å². The first-order valence-corrected chi connectivity index (χ1v) is 10.9. The zero-order valence-corrected chi connectivity index (χ0v) is 18.6. The topological polar surface area (TPSA) is 32.6 Å². The predicted molar refractivity (Wildman–Crippen MR) is 121 cm³/mol. The number of aliphatic imine (C=N–C) groups is 1. The molecule has 0 bridgehead atoms. The Kier molecular flexibility index (Phi) is 7.23. The fraction of sp³-hybridized carbons (Fsp3) is 0.458. The molecule has 0 amide bonds. The van der Waals surface area contributed by atoms with Gasteiger partial charge in [0.2, 0.25) is 0 Å². The summed E-state index contributed by atoms with van der Waals surface area (Å²) in [4.78, 5) is 4.72. The van der Waals surface area contributed by atoms with Gasteiger partial charge in [-0.15, -0.1) is 0 Å². The number of benzene rings is 2. The molecule has 0 saturated heterocycles. The lowest BCUT2D eigenvalue weighted by Crippen LogP contribution is -2.24. The lowest BCUT2D eigenvalue weighted by molar-refractivity contribution is 0.442. The van der Waals surface area contributed by atoms with Crippen LogP contribution in [-0.2, 0) is 5.16 Å². The number of hydrogen-bond acceptors (Lipinski definition) is 2. The van der Waals surface area contributed by atoms with Crippen LogP contribution in [0.4, 0.5) is 0 Å². The summed E-state index contributed by atoms with van der Waals surface area (Å²) in [5.41, 5.74) is 3.39. The molecule has 146 valence electrons. The van der Waals surface area contributed by atoms with Crippen LogP contribution in [0.2, 0.25) is 0 Å². The van der Waals surface area contributed by atoms with Crippen LogP contribution in [-0.4, -0.2) is 16.9 Å². The van der Waals surface area contributed by atoms with E-state index < -0.39 is 0 Å². The lowest BCUT2D eigenvalue weighted by atomic mass is 9.89. The summed E-state index contributed by atoms with van der Waals surface area (Å²) >= 11 is 0. The Morgan fingerprint density at radius 1 is 1.07 bits per heavy atom. The van der Waals surface area contributed by atoms with Crippen LogP contribution in [0.15, 0.2) is 47.5 Å². The highest BCUT2D eigenvalue weighted by molar-refractivity contribution is 7.48. The summed E-state index contributed by atoms with van der Waals surface area (Å²) in [6.45, 7) is 12.9. The van der Waals surface area contributed by atoms with Gasteiger partial charge in [-0.25, -0.2) is 0 Å². The van der Waals surface area contributed by atoms with Crippen LogP contribution in [0.5, 0.6) is 5.75 Å². The third kappa shape index (κ3) is 5.66. The molecule has 2 rings (SSSR count). The fourth-order valence-corrected chi connectivity index (χ4v) is 5.30. The molecule has 3 heteroatoms. The number of rotatable bonds is 7. The first-order chi connectivity index (χ1) is 12.7. The maximum atomic E-state index is 10.7. The molecule has 27 heavy (non-hydrogen) atoms. The molecule has 0 heterocycles. The van der Waals surface area contributed by atoms with Gasteiger partial charge in [0.1, 0.15) is 5.75 Å². The van der Waals surface area contributed by atoms with Crippen molar-refractivity contribution in [2.24, 2.45) is 4.99 Å². The quantitative estimate of drug-likeness (QED) is 0.440. The Balaban J connectivity index is 2.52. The molecule has 0 spiro atoms. The molecule has 2 atom stereocenters. The third-order valence-corrected chi connectivity index (χ3v) is 6.95. The van der Waals surface area contributed by atoms with Gasteiger partial charge in [-0.3, -0.25) is 4.99 Å². The molecule has 0 aliphatic rings. The Hall–Kier alpha value is -1.66. The SMILES string of the molecule is CCCC(CC)(Pc1ccccc1C=NC(C)(C)C)c1cc(C)ccc1O. The molecule has 0 radical (unpaired) electrons. The van der Waals surface area contributed by atoms with E-state index >= 15 is 0 Å². The predicted octanol–water partition coefficient (Wildman–Crippen LogP) is 6.33. The van der Waals surface area contributed by atoms with E-state index in [4.69, 9.17) is 4.99 Å². The second kappa shape index (κ2) is 9.02. The highest BCUT2D eigenvalue weighted by atomic mass is 31.1. The summed E-state index contributed by atoms with van der Waals surface area (Å²) in [5, 5.41) is 11.9. The zero-order valence-electron chi connectivity index (χ0n) is 17.6.